The molecule has 1 saturated heterocycles. The van der Waals surface area contributed by atoms with Crippen molar-refractivity contribution in [3.63, 3.8) is 0 Å². The fourth-order valence-electron chi connectivity index (χ4n) is 8.14. The first-order valence-corrected chi connectivity index (χ1v) is 28.6. The number of rotatable bonds is 47. The number of carboxylic acids is 1. The number of esters is 3. The molecule has 0 saturated carbocycles. The summed E-state index contributed by atoms with van der Waals surface area (Å²) >= 11 is 0. The second-order valence-electron chi connectivity index (χ2n) is 19.2. The van der Waals surface area contributed by atoms with E-state index in [2.05, 4.69) is 106 Å². The number of aliphatic hydroxyl groups is 2. The Morgan fingerprint density at radius 1 is 0.466 bits per heavy atom. The largest absolute Gasteiger partial charge is 0.479 e. The minimum absolute atomic E-state index is 0.0294. The topological polar surface area (TPSA) is 175 Å². The van der Waals surface area contributed by atoms with Gasteiger partial charge in [0.15, 0.2) is 24.6 Å². The van der Waals surface area contributed by atoms with Gasteiger partial charge in [0, 0.05) is 19.3 Å². The molecule has 416 valence electrons. The van der Waals surface area contributed by atoms with E-state index in [9.17, 15) is 34.5 Å². The molecule has 0 aromatic rings. The first-order chi connectivity index (χ1) is 35.6. The summed E-state index contributed by atoms with van der Waals surface area (Å²) in [5.74, 6) is -3.17. The molecule has 1 rings (SSSR count). The Balaban J connectivity index is 2.68. The van der Waals surface area contributed by atoms with Gasteiger partial charge in [-0.1, -0.05) is 202 Å². The van der Waals surface area contributed by atoms with Crippen molar-refractivity contribution in [2.24, 2.45) is 0 Å². The number of carbonyl (C=O) groups is 4. The van der Waals surface area contributed by atoms with Gasteiger partial charge in [-0.15, -0.1) is 0 Å². The molecular weight excluding hydrogens is 925 g/mol. The normalized spacial score (nSPS) is 18.9. The smallest absolute Gasteiger partial charge is 0.335 e. The third-order valence-corrected chi connectivity index (χ3v) is 12.5. The first-order valence-electron chi connectivity index (χ1n) is 28.6. The molecule has 0 bridgehead atoms. The number of aliphatic carboxylic acids is 1. The van der Waals surface area contributed by atoms with E-state index < -0.39 is 67.3 Å². The van der Waals surface area contributed by atoms with Gasteiger partial charge in [-0.05, 0) is 89.9 Å². The minimum Gasteiger partial charge on any atom is -0.479 e. The Morgan fingerprint density at radius 2 is 0.863 bits per heavy atom. The van der Waals surface area contributed by atoms with Gasteiger partial charge in [0.2, 0.25) is 0 Å². The van der Waals surface area contributed by atoms with Crippen LogP contribution in [-0.2, 0) is 42.9 Å². The number of unbranched alkanes of at least 4 members (excludes halogenated alkanes) is 19. The highest BCUT2D eigenvalue weighted by atomic mass is 16.7. The average molecular weight is 1030 g/mol. The Labute approximate surface area is 441 Å². The molecule has 3 N–H and O–H groups in total. The van der Waals surface area contributed by atoms with E-state index in [1.54, 1.807) is 0 Å². The minimum atomic E-state index is -1.91. The van der Waals surface area contributed by atoms with Crippen molar-refractivity contribution < 1.29 is 58.2 Å². The summed E-state index contributed by atoms with van der Waals surface area (Å²) in [4.78, 5) is 51.0. The number of hydrogen-bond acceptors (Lipinski definition) is 11. The summed E-state index contributed by atoms with van der Waals surface area (Å²) in [6.45, 7) is 5.71. The molecule has 1 aliphatic heterocycles. The van der Waals surface area contributed by atoms with Crippen LogP contribution in [0.4, 0.5) is 0 Å². The molecule has 0 aliphatic carbocycles. The van der Waals surface area contributed by atoms with Crippen LogP contribution in [0, 0.1) is 0 Å². The molecule has 0 radical (unpaired) electrons. The summed E-state index contributed by atoms with van der Waals surface area (Å²) < 4.78 is 28.3. The quantitative estimate of drug-likeness (QED) is 0.0228. The highest BCUT2D eigenvalue weighted by Gasteiger charge is 2.50. The van der Waals surface area contributed by atoms with Gasteiger partial charge in [0.1, 0.15) is 18.8 Å². The van der Waals surface area contributed by atoms with Crippen LogP contribution >= 0.6 is 0 Å². The molecule has 1 aliphatic rings. The van der Waals surface area contributed by atoms with Crippen molar-refractivity contribution in [1.82, 2.24) is 0 Å². The zero-order chi connectivity index (χ0) is 53.3. The van der Waals surface area contributed by atoms with Gasteiger partial charge in [0.05, 0.1) is 6.61 Å². The van der Waals surface area contributed by atoms with Crippen LogP contribution in [0.1, 0.15) is 226 Å². The van der Waals surface area contributed by atoms with E-state index in [0.29, 0.717) is 19.3 Å². The third-order valence-electron chi connectivity index (χ3n) is 12.5. The van der Waals surface area contributed by atoms with Crippen molar-refractivity contribution in [3.8, 4) is 0 Å². The summed E-state index contributed by atoms with van der Waals surface area (Å²) in [7, 11) is 0. The van der Waals surface area contributed by atoms with E-state index in [4.69, 9.17) is 23.7 Å². The molecule has 0 aromatic carbocycles. The second-order valence-corrected chi connectivity index (χ2v) is 19.2. The summed E-state index contributed by atoms with van der Waals surface area (Å²) in [6, 6.07) is 0. The molecular formula is C61H100O12. The van der Waals surface area contributed by atoms with Crippen LogP contribution in [0.2, 0.25) is 0 Å². The van der Waals surface area contributed by atoms with Crippen LogP contribution in [0.15, 0.2) is 85.1 Å². The van der Waals surface area contributed by atoms with E-state index in [-0.39, 0.29) is 25.9 Å². The maximum absolute atomic E-state index is 13.1. The fraction of sp³-hybridized carbons (Fsp3) is 0.705. The summed E-state index contributed by atoms with van der Waals surface area (Å²) in [5, 5.41) is 31.4. The second kappa shape index (κ2) is 48.8. The van der Waals surface area contributed by atoms with Gasteiger partial charge < -0.3 is 39.0 Å². The highest BCUT2D eigenvalue weighted by Crippen LogP contribution is 2.26. The van der Waals surface area contributed by atoms with Crippen molar-refractivity contribution in [3.05, 3.63) is 85.1 Å². The Hall–Kier alpha value is -4.10. The molecule has 73 heavy (non-hydrogen) atoms. The van der Waals surface area contributed by atoms with Gasteiger partial charge in [-0.3, -0.25) is 14.4 Å². The number of ether oxygens (including phenoxy) is 5. The molecule has 12 heteroatoms. The number of allylic oxidation sites excluding steroid dienone is 14. The van der Waals surface area contributed by atoms with Crippen molar-refractivity contribution >= 4 is 23.9 Å². The maximum atomic E-state index is 13.1. The summed E-state index contributed by atoms with van der Waals surface area (Å²) in [6.07, 6.45) is 49.9. The predicted octanol–water partition coefficient (Wildman–Crippen LogP) is 14.3. The van der Waals surface area contributed by atoms with E-state index in [0.717, 1.165) is 128 Å². The lowest BCUT2D eigenvalue weighted by Crippen LogP contribution is -2.61. The third kappa shape index (κ3) is 39.0. The predicted molar refractivity (Wildman–Crippen MR) is 294 cm³/mol. The number of carbonyl (C=O) groups excluding carboxylic acids is 3. The standard InChI is InChI=1S/C61H100O12/c1-4-7-10-13-16-19-21-23-25-27-29-31-33-36-38-41-44-47-53(62)69-50-52(71-54(63)48-45-42-39-35-18-15-12-9-6-3)51-70-61-59(57(66)56(65)58(73-61)60(67)68)72-55(64)49-46-43-40-37-34-32-30-28-26-24-22-20-17-14-11-8-5-2/h7-8,10-11,16-17,19-20,23-26,30,32,52,56-59,61,65-66H,4-6,9,12-15,18,21-22,27-29,31,33-51H2,1-3H3,(H,67,68)/b10-7-,11-8-,19-16-,20-17-,25-23-,26-24-,32-30-. The lowest BCUT2D eigenvalue weighted by Gasteiger charge is -2.40. The van der Waals surface area contributed by atoms with Gasteiger partial charge in [-0.2, -0.15) is 0 Å². The Morgan fingerprint density at radius 3 is 1.32 bits per heavy atom. The van der Waals surface area contributed by atoms with Crippen molar-refractivity contribution in [1.29, 1.82) is 0 Å². The van der Waals surface area contributed by atoms with Gasteiger partial charge in [-0.25, -0.2) is 4.79 Å². The molecule has 0 amide bonds. The summed E-state index contributed by atoms with van der Waals surface area (Å²) in [5.41, 5.74) is 0. The Kier molecular flexibility index (Phi) is 44.7. The van der Waals surface area contributed by atoms with E-state index in [1.165, 1.54) is 38.5 Å². The van der Waals surface area contributed by atoms with Crippen molar-refractivity contribution in [2.45, 2.75) is 263 Å². The van der Waals surface area contributed by atoms with Gasteiger partial charge in [0.25, 0.3) is 0 Å². The lowest BCUT2D eigenvalue weighted by atomic mass is 9.98. The van der Waals surface area contributed by atoms with E-state index in [1.807, 2.05) is 0 Å². The first kappa shape index (κ1) is 66.9. The number of hydrogen-bond donors (Lipinski definition) is 3. The van der Waals surface area contributed by atoms with Crippen molar-refractivity contribution in [2.75, 3.05) is 13.2 Å². The van der Waals surface area contributed by atoms with E-state index >= 15 is 0 Å². The molecule has 0 spiro atoms. The highest BCUT2D eigenvalue weighted by molar-refractivity contribution is 5.74. The molecule has 6 unspecified atom stereocenters. The zero-order valence-electron chi connectivity index (χ0n) is 45.6. The van der Waals surface area contributed by atoms with Crippen LogP contribution < -0.4 is 0 Å². The molecule has 0 aromatic heterocycles. The molecule has 1 fully saturated rings. The van der Waals surface area contributed by atoms with Crippen LogP contribution in [-0.4, -0.2) is 89.2 Å². The maximum Gasteiger partial charge on any atom is 0.335 e. The Bertz CT molecular complexity index is 1590. The van der Waals surface area contributed by atoms with Crippen LogP contribution in [0.5, 0.6) is 0 Å². The zero-order valence-corrected chi connectivity index (χ0v) is 45.6. The average Bonchev–Trinajstić information content (AvgIpc) is 3.37. The number of aliphatic hydroxyl groups excluding tert-OH is 2. The molecule has 1 heterocycles. The van der Waals surface area contributed by atoms with Gasteiger partial charge >= 0.3 is 23.9 Å². The lowest BCUT2D eigenvalue weighted by molar-refractivity contribution is -0.301. The monoisotopic (exact) mass is 1020 g/mol. The molecule has 6 atom stereocenters. The SMILES string of the molecule is CC/C=C\C/C=C\C/C=C\C/C=C\CCCCCCC(=O)OC1C(OCC(COC(=O)CCCCCCCCC/C=C\C/C=C\C/C=C\CC)OC(=O)CCCCCCCCCCC)OC(C(=O)O)C(O)C1O. The van der Waals surface area contributed by atoms with Crippen LogP contribution in [0.3, 0.4) is 0 Å². The van der Waals surface area contributed by atoms with Crippen LogP contribution in [0.25, 0.3) is 0 Å². The fourth-order valence-corrected chi connectivity index (χ4v) is 8.14. The molecule has 12 nitrogen and oxygen atoms in total. The number of carboxylic acid groups (broad SMARTS) is 1.